The van der Waals surface area contributed by atoms with Crippen molar-refractivity contribution in [1.82, 2.24) is 14.7 Å². The predicted octanol–water partition coefficient (Wildman–Crippen LogP) is 4.09. The van der Waals surface area contributed by atoms with Crippen LogP contribution in [0.15, 0.2) is 47.4 Å². The van der Waals surface area contributed by atoms with Gasteiger partial charge in [0.1, 0.15) is 11.5 Å². The van der Waals surface area contributed by atoms with Gasteiger partial charge in [0, 0.05) is 44.8 Å². The van der Waals surface area contributed by atoms with Crippen molar-refractivity contribution < 1.29 is 37.3 Å². The molecule has 0 radical (unpaired) electrons. The molecule has 2 aromatic carbocycles. The fraction of sp³-hybridized carbons (Fsp3) is 0.600. The second-order valence-corrected chi connectivity index (χ2v) is 14.7. The number of nitrogens with zero attached hydrogens (tertiary/aromatic N) is 3. The van der Waals surface area contributed by atoms with Crippen LogP contribution in [0.3, 0.4) is 0 Å². The number of nitrogens with one attached hydrogen (secondary N) is 1. The van der Waals surface area contributed by atoms with E-state index in [0.717, 1.165) is 25.8 Å². The van der Waals surface area contributed by atoms with Crippen LogP contribution in [-0.4, -0.2) is 119 Å². The molecule has 268 valence electrons. The molecule has 0 bridgehead atoms. The summed E-state index contributed by atoms with van der Waals surface area (Å²) in [6.07, 6.45) is 2.94. The first-order valence-electron chi connectivity index (χ1n) is 16.6. The molecule has 12 nitrogen and oxygen atoms in total. The average Bonchev–Trinajstić information content (AvgIpc) is 3.05. The third-order valence-electron chi connectivity index (χ3n) is 8.55. The van der Waals surface area contributed by atoms with Gasteiger partial charge in [-0.2, -0.15) is 0 Å². The minimum atomic E-state index is -3.98. The molecular formula is C35H54N4O8S. The molecule has 0 spiro atoms. The summed E-state index contributed by atoms with van der Waals surface area (Å²) >= 11 is 0. The third kappa shape index (κ3) is 11.4. The molecule has 1 aliphatic heterocycles. The van der Waals surface area contributed by atoms with Crippen LogP contribution in [-0.2, 0) is 19.6 Å². The number of methoxy groups -OCH3 is 1. The largest absolute Gasteiger partial charge is 0.497 e. The zero-order valence-electron chi connectivity index (χ0n) is 29.5. The summed E-state index contributed by atoms with van der Waals surface area (Å²) in [6.45, 7) is 7.29. The maximum Gasteiger partial charge on any atom is 0.261 e. The molecular weight excluding hydrogens is 636 g/mol. The lowest BCUT2D eigenvalue weighted by atomic mass is 10.0. The van der Waals surface area contributed by atoms with E-state index in [1.165, 1.54) is 25.3 Å². The van der Waals surface area contributed by atoms with E-state index in [2.05, 4.69) is 4.72 Å². The summed E-state index contributed by atoms with van der Waals surface area (Å²) in [6, 6.07) is 10.1. The van der Waals surface area contributed by atoms with Crippen LogP contribution >= 0.6 is 0 Å². The van der Waals surface area contributed by atoms with Gasteiger partial charge in [-0.1, -0.05) is 6.92 Å². The summed E-state index contributed by atoms with van der Waals surface area (Å²) in [5.74, 6) is 0.266. The van der Waals surface area contributed by atoms with E-state index in [1.54, 1.807) is 48.0 Å². The molecule has 3 rings (SSSR count). The molecule has 0 aromatic heterocycles. The molecule has 1 aliphatic rings. The number of rotatable bonds is 12. The van der Waals surface area contributed by atoms with Crippen LogP contribution in [0.5, 0.6) is 11.5 Å². The molecule has 0 saturated carbocycles. The topological polar surface area (TPSA) is 138 Å². The summed E-state index contributed by atoms with van der Waals surface area (Å²) in [5.41, 5.74) is 0.363. The summed E-state index contributed by atoms with van der Waals surface area (Å²) in [7, 11) is 3.25. The second-order valence-electron chi connectivity index (χ2n) is 13.0. The fourth-order valence-corrected chi connectivity index (χ4v) is 6.58. The Morgan fingerprint density at radius 3 is 2.48 bits per heavy atom. The van der Waals surface area contributed by atoms with Crippen LogP contribution in [0.4, 0.5) is 5.69 Å². The van der Waals surface area contributed by atoms with E-state index in [4.69, 9.17) is 14.2 Å². The zero-order chi connectivity index (χ0) is 35.4. The highest BCUT2D eigenvalue weighted by molar-refractivity contribution is 7.92. The monoisotopic (exact) mass is 690 g/mol. The molecule has 2 amide bonds. The number of likely N-dealkylation sites (N-methyl/N-ethyl adjacent to an activating group) is 1. The van der Waals surface area contributed by atoms with Crippen molar-refractivity contribution in [3.05, 3.63) is 48.0 Å². The fourth-order valence-electron chi connectivity index (χ4n) is 5.53. The maximum atomic E-state index is 14.4. The number of amides is 2. The lowest BCUT2D eigenvalue weighted by Gasteiger charge is -2.36. The highest BCUT2D eigenvalue weighted by Gasteiger charge is 2.31. The number of carbonyl (C=O) groups excluding carboxylic acids is 2. The van der Waals surface area contributed by atoms with Crippen molar-refractivity contribution in [3.63, 3.8) is 0 Å². The van der Waals surface area contributed by atoms with Gasteiger partial charge in [0.2, 0.25) is 5.91 Å². The molecule has 0 aliphatic carbocycles. The van der Waals surface area contributed by atoms with Gasteiger partial charge in [0.05, 0.1) is 42.4 Å². The van der Waals surface area contributed by atoms with Crippen molar-refractivity contribution in [1.29, 1.82) is 0 Å². The summed E-state index contributed by atoms with van der Waals surface area (Å²) in [4.78, 5) is 32.7. The number of benzene rings is 2. The average molecular weight is 691 g/mol. The molecule has 2 aromatic rings. The van der Waals surface area contributed by atoms with Gasteiger partial charge in [-0.15, -0.1) is 0 Å². The van der Waals surface area contributed by atoms with Gasteiger partial charge in [-0.05, 0) is 103 Å². The van der Waals surface area contributed by atoms with Crippen molar-refractivity contribution in [2.75, 3.05) is 65.8 Å². The quantitative estimate of drug-likeness (QED) is 0.337. The number of sulfonamides is 1. The van der Waals surface area contributed by atoms with Crippen molar-refractivity contribution >= 4 is 27.5 Å². The highest BCUT2D eigenvalue weighted by Crippen LogP contribution is 2.30. The first-order chi connectivity index (χ1) is 22.7. The van der Waals surface area contributed by atoms with E-state index in [-0.39, 0.29) is 53.3 Å². The first-order valence-corrected chi connectivity index (χ1v) is 18.1. The summed E-state index contributed by atoms with van der Waals surface area (Å²) in [5, 5.41) is 10.2. The summed E-state index contributed by atoms with van der Waals surface area (Å²) < 4.78 is 46.8. The zero-order valence-corrected chi connectivity index (χ0v) is 30.3. The van der Waals surface area contributed by atoms with Gasteiger partial charge in [0.25, 0.3) is 15.9 Å². The molecule has 4 atom stereocenters. The number of hydrogen-bond donors (Lipinski definition) is 2. The number of fused-ring (bicyclic) bond motifs is 1. The number of anilines is 1. The van der Waals surface area contributed by atoms with E-state index < -0.39 is 22.0 Å². The second kappa shape index (κ2) is 18.4. The smallest absolute Gasteiger partial charge is 0.261 e. The van der Waals surface area contributed by atoms with Crippen LogP contribution in [0, 0.1) is 5.92 Å². The number of carbonyl (C=O) groups is 2. The molecule has 13 heteroatoms. The van der Waals surface area contributed by atoms with Crippen molar-refractivity contribution in [2.45, 2.75) is 76.0 Å². The molecule has 48 heavy (non-hydrogen) atoms. The van der Waals surface area contributed by atoms with Crippen molar-refractivity contribution in [3.8, 4) is 11.5 Å². The van der Waals surface area contributed by atoms with Crippen LogP contribution < -0.4 is 14.2 Å². The normalized spacial score (nSPS) is 20.3. The molecule has 1 heterocycles. The molecule has 0 fully saturated rings. The Bertz CT molecular complexity index is 1440. The molecule has 2 N–H and O–H groups in total. The van der Waals surface area contributed by atoms with E-state index in [9.17, 15) is 23.1 Å². The van der Waals surface area contributed by atoms with Crippen molar-refractivity contribution in [2.24, 2.45) is 5.92 Å². The standard InChI is InChI=1S/C35H54N4O8S/c1-25-22-39(26(2)24-40)35(42)31-21-28(36-48(43,44)30-16-14-29(45-7)15-17-30)13-18-32(31)47-27(3)11-8-9-20-46-33(25)23-38(6)34(41)12-10-19-37(4)5/h13-18,21,25-27,33,36,40H,8-12,19-20,22-24H2,1-7H3/t25-,26-,27-,33-/m1/s1. The lowest BCUT2D eigenvalue weighted by molar-refractivity contribution is -0.132. The highest BCUT2D eigenvalue weighted by atomic mass is 32.2. The Labute approximate surface area is 286 Å². The Balaban J connectivity index is 1.93. The van der Waals surface area contributed by atoms with Gasteiger partial charge < -0.3 is 34.0 Å². The number of ether oxygens (including phenoxy) is 3. The van der Waals surface area contributed by atoms with Crippen LogP contribution in [0.25, 0.3) is 0 Å². The first kappa shape index (κ1) is 39.1. The Morgan fingerprint density at radius 1 is 1.12 bits per heavy atom. The Morgan fingerprint density at radius 2 is 1.83 bits per heavy atom. The van der Waals surface area contributed by atoms with Gasteiger partial charge in [-0.25, -0.2) is 8.42 Å². The third-order valence-corrected chi connectivity index (χ3v) is 9.95. The van der Waals surface area contributed by atoms with E-state index in [0.29, 0.717) is 37.5 Å². The van der Waals surface area contributed by atoms with Crippen LogP contribution in [0.2, 0.25) is 0 Å². The predicted molar refractivity (Wildman–Crippen MR) is 186 cm³/mol. The van der Waals surface area contributed by atoms with E-state index in [1.807, 2.05) is 32.8 Å². The van der Waals surface area contributed by atoms with Gasteiger partial charge in [0.15, 0.2) is 0 Å². The van der Waals surface area contributed by atoms with Gasteiger partial charge >= 0.3 is 0 Å². The Kier molecular flexibility index (Phi) is 15.0. The molecule has 0 unspecified atom stereocenters. The SMILES string of the molecule is COc1ccc(S(=O)(=O)Nc2ccc3c(c2)C(=O)N([C@H](C)CO)C[C@@H](C)[C@@H](CN(C)C(=O)CCCN(C)C)OCCCC[C@@H](C)O3)cc1. The minimum Gasteiger partial charge on any atom is -0.497 e. The Hall–Kier alpha value is -3.39. The molecule has 0 saturated heterocycles. The number of aliphatic hydroxyl groups is 1. The van der Waals surface area contributed by atoms with Gasteiger partial charge in [-0.3, -0.25) is 14.3 Å². The number of aliphatic hydroxyl groups excluding tert-OH is 1. The van der Waals surface area contributed by atoms with Crippen LogP contribution in [0.1, 0.15) is 63.2 Å². The van der Waals surface area contributed by atoms with E-state index >= 15 is 0 Å². The minimum absolute atomic E-state index is 0.0354. The number of hydrogen-bond acceptors (Lipinski definition) is 9. The lowest BCUT2D eigenvalue weighted by Crippen LogP contribution is -2.48. The maximum absolute atomic E-state index is 14.4.